The number of anilines is 1. The molecule has 0 spiro atoms. The minimum absolute atomic E-state index is 0.0138. The summed E-state index contributed by atoms with van der Waals surface area (Å²) in [6.07, 6.45) is 0. The third-order valence-electron chi connectivity index (χ3n) is 2.61. The van der Waals surface area contributed by atoms with E-state index in [2.05, 4.69) is 9.71 Å². The van der Waals surface area contributed by atoms with Gasteiger partial charge in [0.05, 0.1) is 4.92 Å². The molecule has 0 bridgehead atoms. The van der Waals surface area contributed by atoms with Gasteiger partial charge in [0, 0.05) is 6.07 Å². The topological polar surface area (TPSA) is 102 Å². The second-order valence-corrected chi connectivity index (χ2v) is 6.14. The lowest BCUT2D eigenvalue weighted by Gasteiger charge is -2.10. The van der Waals surface area contributed by atoms with Crippen molar-refractivity contribution in [3.8, 4) is 0 Å². The molecule has 0 unspecified atom stereocenters. The smallest absolute Gasteiger partial charge is 0.263 e. The molecule has 1 heterocycles. The Morgan fingerprint density at radius 1 is 1.24 bits per heavy atom. The van der Waals surface area contributed by atoms with Crippen LogP contribution in [0.15, 0.2) is 41.3 Å². The largest absolute Gasteiger partial charge is 0.290 e. The molecule has 2 aromatic rings. The van der Waals surface area contributed by atoms with Gasteiger partial charge in [0.2, 0.25) is 0 Å². The molecule has 0 saturated carbocycles. The maximum Gasteiger partial charge on any atom is 0.290 e. The van der Waals surface area contributed by atoms with Crippen molar-refractivity contribution in [1.29, 1.82) is 0 Å². The SMILES string of the molecule is Cc1cccc([N+](=O)[O-])c1S(=O)(=O)Nc1cccc(Cl)n1. The van der Waals surface area contributed by atoms with Gasteiger partial charge in [0.15, 0.2) is 4.90 Å². The lowest BCUT2D eigenvalue weighted by molar-refractivity contribution is -0.387. The first-order valence-electron chi connectivity index (χ1n) is 5.70. The van der Waals surface area contributed by atoms with Gasteiger partial charge in [0.1, 0.15) is 11.0 Å². The van der Waals surface area contributed by atoms with Crippen LogP contribution in [0.4, 0.5) is 11.5 Å². The van der Waals surface area contributed by atoms with Crippen LogP contribution in [-0.2, 0) is 10.0 Å². The fraction of sp³-hybridized carbons (Fsp3) is 0.0833. The molecule has 9 heteroatoms. The van der Waals surface area contributed by atoms with E-state index in [1.165, 1.54) is 37.3 Å². The van der Waals surface area contributed by atoms with Crippen molar-refractivity contribution in [2.75, 3.05) is 4.72 Å². The summed E-state index contributed by atoms with van der Waals surface area (Å²) in [5, 5.41) is 11.1. The van der Waals surface area contributed by atoms with Gasteiger partial charge in [-0.1, -0.05) is 29.8 Å². The predicted octanol–water partition coefficient (Wildman–Crippen LogP) is 2.75. The number of rotatable bonds is 4. The minimum atomic E-state index is -4.15. The number of nitro benzene ring substituents is 1. The fourth-order valence-corrected chi connectivity index (χ4v) is 3.35. The first-order valence-corrected chi connectivity index (χ1v) is 7.57. The Hall–Kier alpha value is -2.19. The van der Waals surface area contributed by atoms with Gasteiger partial charge >= 0.3 is 0 Å². The standard InChI is InChI=1S/C12H10ClN3O4S/c1-8-4-2-5-9(16(17)18)12(8)21(19,20)15-11-7-3-6-10(13)14-11/h2-7H,1H3,(H,14,15). The van der Waals surface area contributed by atoms with Crippen LogP contribution in [0, 0.1) is 17.0 Å². The number of nitrogens with zero attached hydrogens (tertiary/aromatic N) is 2. The van der Waals surface area contributed by atoms with Crippen molar-refractivity contribution < 1.29 is 13.3 Å². The van der Waals surface area contributed by atoms with Crippen molar-refractivity contribution in [3.63, 3.8) is 0 Å². The molecule has 1 aromatic heterocycles. The average Bonchev–Trinajstić information content (AvgIpc) is 2.37. The van der Waals surface area contributed by atoms with Crippen LogP contribution < -0.4 is 4.72 Å². The highest BCUT2D eigenvalue weighted by Crippen LogP contribution is 2.28. The first kappa shape index (κ1) is 15.2. The maximum atomic E-state index is 12.4. The number of nitro groups is 1. The Morgan fingerprint density at radius 3 is 2.52 bits per heavy atom. The number of pyridine rings is 1. The minimum Gasteiger partial charge on any atom is -0.263 e. The monoisotopic (exact) mass is 327 g/mol. The Balaban J connectivity index is 2.52. The molecule has 0 amide bonds. The van der Waals surface area contributed by atoms with Crippen molar-refractivity contribution >= 4 is 33.1 Å². The molecule has 7 nitrogen and oxygen atoms in total. The molecular formula is C12H10ClN3O4S. The number of aromatic nitrogens is 1. The molecule has 1 N–H and O–H groups in total. The molecule has 0 saturated heterocycles. The van der Waals surface area contributed by atoms with Gasteiger partial charge in [-0.15, -0.1) is 0 Å². The lowest BCUT2D eigenvalue weighted by Crippen LogP contribution is -2.16. The Morgan fingerprint density at radius 2 is 1.90 bits per heavy atom. The summed E-state index contributed by atoms with van der Waals surface area (Å²) >= 11 is 5.68. The third-order valence-corrected chi connectivity index (χ3v) is 4.37. The summed E-state index contributed by atoms with van der Waals surface area (Å²) in [7, 11) is -4.15. The number of hydrogen-bond donors (Lipinski definition) is 1. The van der Waals surface area contributed by atoms with Gasteiger partial charge < -0.3 is 0 Å². The number of aryl methyl sites for hydroxylation is 1. The molecule has 0 aliphatic heterocycles. The van der Waals surface area contributed by atoms with E-state index >= 15 is 0 Å². The summed E-state index contributed by atoms with van der Waals surface area (Å²) < 4.78 is 26.9. The zero-order valence-electron chi connectivity index (χ0n) is 10.8. The number of halogens is 1. The molecule has 0 aliphatic rings. The fourth-order valence-electron chi connectivity index (χ4n) is 1.78. The van der Waals surface area contributed by atoms with Crippen molar-refractivity contribution in [3.05, 3.63) is 57.2 Å². The molecule has 0 aliphatic carbocycles. The molecule has 0 radical (unpaired) electrons. The van der Waals surface area contributed by atoms with E-state index in [1.807, 2.05) is 0 Å². The maximum absolute atomic E-state index is 12.4. The van der Waals surface area contributed by atoms with Crippen LogP contribution in [0.5, 0.6) is 0 Å². The number of hydrogen-bond acceptors (Lipinski definition) is 5. The van der Waals surface area contributed by atoms with Crippen LogP contribution >= 0.6 is 11.6 Å². The Bertz CT molecular complexity index is 808. The highest BCUT2D eigenvalue weighted by Gasteiger charge is 2.28. The predicted molar refractivity (Wildman–Crippen MR) is 77.9 cm³/mol. The molecule has 21 heavy (non-hydrogen) atoms. The molecule has 0 atom stereocenters. The number of sulfonamides is 1. The van der Waals surface area contributed by atoms with E-state index in [4.69, 9.17) is 11.6 Å². The van der Waals surface area contributed by atoms with Gasteiger partial charge in [-0.2, -0.15) is 0 Å². The van der Waals surface area contributed by atoms with Gasteiger partial charge in [-0.05, 0) is 24.6 Å². The van der Waals surface area contributed by atoms with Crippen molar-refractivity contribution in [2.24, 2.45) is 0 Å². The van der Waals surface area contributed by atoms with Gasteiger partial charge in [0.25, 0.3) is 15.7 Å². The lowest BCUT2D eigenvalue weighted by atomic mass is 10.2. The van der Waals surface area contributed by atoms with Gasteiger partial charge in [-0.3, -0.25) is 14.8 Å². The second-order valence-electron chi connectivity index (χ2n) is 4.13. The van der Waals surface area contributed by atoms with Crippen LogP contribution in [0.1, 0.15) is 5.56 Å². The summed E-state index contributed by atoms with van der Waals surface area (Å²) in [5.74, 6) is -0.0138. The third kappa shape index (κ3) is 3.29. The van der Waals surface area contributed by atoms with Gasteiger partial charge in [-0.25, -0.2) is 13.4 Å². The highest BCUT2D eigenvalue weighted by molar-refractivity contribution is 7.93. The zero-order chi connectivity index (χ0) is 15.6. The summed E-state index contributed by atoms with van der Waals surface area (Å²) in [4.78, 5) is 13.7. The molecule has 1 aromatic carbocycles. The number of nitrogens with one attached hydrogen (secondary N) is 1. The highest BCUT2D eigenvalue weighted by atomic mass is 35.5. The molecule has 2 rings (SSSR count). The number of benzene rings is 1. The first-order chi connectivity index (χ1) is 9.81. The van der Waals surface area contributed by atoms with E-state index in [0.29, 0.717) is 0 Å². The molecule has 110 valence electrons. The van der Waals surface area contributed by atoms with Crippen LogP contribution in [0.3, 0.4) is 0 Å². The molecular weight excluding hydrogens is 318 g/mol. The Labute approximate surface area is 125 Å². The van der Waals surface area contributed by atoms with Crippen molar-refractivity contribution in [1.82, 2.24) is 4.98 Å². The summed E-state index contributed by atoms with van der Waals surface area (Å²) in [6, 6.07) is 8.42. The van der Waals surface area contributed by atoms with Crippen LogP contribution in [0.2, 0.25) is 5.15 Å². The average molecular weight is 328 g/mol. The van der Waals surface area contributed by atoms with E-state index in [9.17, 15) is 18.5 Å². The zero-order valence-corrected chi connectivity index (χ0v) is 12.4. The van der Waals surface area contributed by atoms with E-state index < -0.39 is 25.5 Å². The second kappa shape index (κ2) is 5.66. The Kier molecular flexibility index (Phi) is 4.10. The summed E-state index contributed by atoms with van der Waals surface area (Å²) in [6.45, 7) is 1.48. The van der Waals surface area contributed by atoms with E-state index in [0.717, 1.165) is 6.07 Å². The quantitative estimate of drug-likeness (QED) is 0.528. The van der Waals surface area contributed by atoms with Crippen LogP contribution in [0.25, 0.3) is 0 Å². The van der Waals surface area contributed by atoms with Crippen LogP contribution in [-0.4, -0.2) is 18.3 Å². The van der Waals surface area contributed by atoms with E-state index in [1.54, 1.807) is 0 Å². The normalized spacial score (nSPS) is 11.1. The van der Waals surface area contributed by atoms with E-state index in [-0.39, 0.29) is 16.5 Å². The van der Waals surface area contributed by atoms with Crippen molar-refractivity contribution in [2.45, 2.75) is 11.8 Å². The summed E-state index contributed by atoms with van der Waals surface area (Å²) in [5.41, 5.74) is -0.233. The molecule has 0 fully saturated rings.